The summed E-state index contributed by atoms with van der Waals surface area (Å²) in [5.74, 6) is 1.70. The number of aryl methyl sites for hydroxylation is 2. The van der Waals surface area contributed by atoms with Gasteiger partial charge in [0.05, 0.1) is 18.1 Å². The molecule has 3 rings (SSSR count). The van der Waals surface area contributed by atoms with E-state index in [1.165, 1.54) is 22.1 Å². The van der Waals surface area contributed by atoms with Gasteiger partial charge in [0.1, 0.15) is 16.4 Å². The molecule has 31 heavy (non-hydrogen) atoms. The maximum absolute atomic E-state index is 13.2. The number of anilines is 1. The van der Waals surface area contributed by atoms with Crippen molar-refractivity contribution >= 4 is 33.4 Å². The molecule has 0 saturated carbocycles. The first-order valence-electron chi connectivity index (χ1n) is 10.4. The predicted molar refractivity (Wildman–Crippen MR) is 121 cm³/mol. The number of hydrogen-bond acceptors (Lipinski definition) is 7. The van der Waals surface area contributed by atoms with Crippen LogP contribution in [0.15, 0.2) is 27.6 Å². The van der Waals surface area contributed by atoms with E-state index in [0.29, 0.717) is 36.9 Å². The minimum atomic E-state index is -3.69. The minimum absolute atomic E-state index is 0.0948. The molecule has 1 aliphatic heterocycles. The molecular formula is C21H29N3O5S2. The summed E-state index contributed by atoms with van der Waals surface area (Å²) in [6.07, 6.45) is 2.73. The molecule has 0 bridgehead atoms. The van der Waals surface area contributed by atoms with Crippen LogP contribution in [0.3, 0.4) is 0 Å². The lowest BCUT2D eigenvalue weighted by Gasteiger charge is -2.27. The molecule has 1 saturated heterocycles. The summed E-state index contributed by atoms with van der Waals surface area (Å²) < 4.78 is 38.6. The van der Waals surface area contributed by atoms with Crippen LogP contribution in [-0.4, -0.2) is 49.2 Å². The Kier molecular flexibility index (Phi) is 8.01. The zero-order valence-electron chi connectivity index (χ0n) is 18.1. The number of benzene rings is 1. The van der Waals surface area contributed by atoms with Crippen molar-refractivity contribution in [2.45, 2.75) is 50.7 Å². The van der Waals surface area contributed by atoms with E-state index in [0.717, 1.165) is 36.3 Å². The number of thioether (sulfide) groups is 1. The Balaban J connectivity index is 1.70. The normalized spacial score (nSPS) is 15.1. The van der Waals surface area contributed by atoms with Gasteiger partial charge in [-0.15, -0.1) is 11.8 Å². The van der Waals surface area contributed by atoms with Crippen molar-refractivity contribution in [1.82, 2.24) is 9.46 Å². The quantitative estimate of drug-likeness (QED) is 0.599. The van der Waals surface area contributed by atoms with Gasteiger partial charge in [-0.3, -0.25) is 4.79 Å². The molecule has 8 nitrogen and oxygen atoms in total. The Labute approximate surface area is 187 Å². The number of ether oxygens (including phenoxy) is 1. The fraction of sp³-hybridized carbons (Fsp3) is 0.524. The van der Waals surface area contributed by atoms with Crippen molar-refractivity contribution in [3.8, 4) is 5.75 Å². The zero-order chi connectivity index (χ0) is 22.4. The second-order valence-corrected chi connectivity index (χ2v) is 10.3. The van der Waals surface area contributed by atoms with E-state index in [1.54, 1.807) is 12.1 Å². The molecular weight excluding hydrogens is 438 g/mol. The molecule has 0 aliphatic carbocycles. The maximum atomic E-state index is 13.2. The second-order valence-electron chi connectivity index (χ2n) is 7.40. The lowest BCUT2D eigenvalue weighted by Crippen LogP contribution is -2.35. The first kappa shape index (κ1) is 23.6. The van der Waals surface area contributed by atoms with Crippen LogP contribution in [0.1, 0.15) is 43.2 Å². The zero-order valence-corrected chi connectivity index (χ0v) is 19.8. The van der Waals surface area contributed by atoms with Crippen molar-refractivity contribution < 1.29 is 22.5 Å². The third kappa shape index (κ3) is 5.81. The Morgan fingerprint density at radius 3 is 2.65 bits per heavy atom. The molecule has 0 spiro atoms. The molecule has 1 aromatic heterocycles. The van der Waals surface area contributed by atoms with E-state index in [4.69, 9.17) is 9.26 Å². The Bertz CT molecular complexity index is 995. The molecule has 10 heteroatoms. The monoisotopic (exact) mass is 467 g/mol. The summed E-state index contributed by atoms with van der Waals surface area (Å²) >= 11 is 1.45. The Morgan fingerprint density at radius 1 is 1.26 bits per heavy atom. The lowest BCUT2D eigenvalue weighted by atomic mass is 10.2. The number of hydrogen-bond donors (Lipinski definition) is 1. The highest BCUT2D eigenvalue weighted by atomic mass is 32.2. The van der Waals surface area contributed by atoms with E-state index >= 15 is 0 Å². The summed E-state index contributed by atoms with van der Waals surface area (Å²) in [4.78, 5) is 12.5. The SMILES string of the molecule is CCOc1ccc(NC(=O)CSCc2c(C)noc2C)cc1S(=O)(=O)N1CCCCC1. The van der Waals surface area contributed by atoms with Crippen LogP contribution in [0.4, 0.5) is 5.69 Å². The molecule has 0 atom stereocenters. The van der Waals surface area contributed by atoms with Gasteiger partial charge in [-0.1, -0.05) is 11.6 Å². The largest absolute Gasteiger partial charge is 0.492 e. The average molecular weight is 468 g/mol. The third-order valence-electron chi connectivity index (χ3n) is 5.12. The number of rotatable bonds is 9. The molecule has 1 aromatic carbocycles. The van der Waals surface area contributed by atoms with Crippen LogP contribution >= 0.6 is 11.8 Å². The van der Waals surface area contributed by atoms with Gasteiger partial charge in [0, 0.05) is 30.1 Å². The topological polar surface area (TPSA) is 102 Å². The van der Waals surface area contributed by atoms with Gasteiger partial charge < -0.3 is 14.6 Å². The molecule has 0 unspecified atom stereocenters. The summed E-state index contributed by atoms with van der Waals surface area (Å²) in [7, 11) is -3.69. The van der Waals surface area contributed by atoms with Crippen molar-refractivity contribution in [1.29, 1.82) is 0 Å². The lowest BCUT2D eigenvalue weighted by molar-refractivity contribution is -0.113. The van der Waals surface area contributed by atoms with Crippen LogP contribution in [0.5, 0.6) is 5.75 Å². The Morgan fingerprint density at radius 2 is 2.00 bits per heavy atom. The van der Waals surface area contributed by atoms with Crippen molar-refractivity contribution in [2.75, 3.05) is 30.8 Å². The summed E-state index contributed by atoms with van der Waals surface area (Å²) in [6.45, 7) is 6.89. The average Bonchev–Trinajstić information content (AvgIpc) is 3.07. The molecule has 1 fully saturated rings. The van der Waals surface area contributed by atoms with E-state index in [1.807, 2.05) is 20.8 Å². The van der Waals surface area contributed by atoms with E-state index in [2.05, 4.69) is 10.5 Å². The van der Waals surface area contributed by atoms with Crippen LogP contribution in [-0.2, 0) is 20.6 Å². The van der Waals surface area contributed by atoms with E-state index in [9.17, 15) is 13.2 Å². The van der Waals surface area contributed by atoms with E-state index in [-0.39, 0.29) is 16.6 Å². The highest BCUT2D eigenvalue weighted by Gasteiger charge is 2.29. The smallest absolute Gasteiger partial charge is 0.246 e. The van der Waals surface area contributed by atoms with Crippen molar-refractivity contribution in [2.24, 2.45) is 0 Å². The fourth-order valence-corrected chi connectivity index (χ4v) is 6.11. The number of aromatic nitrogens is 1. The number of carbonyl (C=O) groups excluding carboxylic acids is 1. The van der Waals surface area contributed by atoms with Gasteiger partial charge in [0.2, 0.25) is 15.9 Å². The summed E-state index contributed by atoms with van der Waals surface area (Å²) in [6, 6.07) is 4.76. The summed E-state index contributed by atoms with van der Waals surface area (Å²) in [5, 5.41) is 6.71. The van der Waals surface area contributed by atoms with Crippen LogP contribution < -0.4 is 10.1 Å². The maximum Gasteiger partial charge on any atom is 0.246 e. The number of piperidine rings is 1. The number of carbonyl (C=O) groups is 1. The van der Waals surface area contributed by atoms with Gasteiger partial charge >= 0.3 is 0 Å². The van der Waals surface area contributed by atoms with Gasteiger partial charge in [-0.05, 0) is 51.8 Å². The highest BCUT2D eigenvalue weighted by molar-refractivity contribution is 7.99. The first-order valence-corrected chi connectivity index (χ1v) is 13.0. The number of nitrogens with one attached hydrogen (secondary N) is 1. The highest BCUT2D eigenvalue weighted by Crippen LogP contribution is 2.31. The molecule has 2 aromatic rings. The minimum Gasteiger partial charge on any atom is -0.492 e. The third-order valence-corrected chi connectivity index (χ3v) is 8.00. The van der Waals surface area contributed by atoms with Gasteiger partial charge in [0.25, 0.3) is 0 Å². The van der Waals surface area contributed by atoms with Gasteiger partial charge in [-0.25, -0.2) is 8.42 Å². The number of nitrogens with zero attached hydrogens (tertiary/aromatic N) is 2. The summed E-state index contributed by atoms with van der Waals surface area (Å²) in [5.41, 5.74) is 2.25. The number of sulfonamides is 1. The van der Waals surface area contributed by atoms with E-state index < -0.39 is 10.0 Å². The molecule has 170 valence electrons. The van der Waals surface area contributed by atoms with Gasteiger partial charge in [0.15, 0.2) is 0 Å². The molecule has 1 N–H and O–H groups in total. The predicted octanol–water partition coefficient (Wildman–Crippen LogP) is 3.74. The molecule has 0 radical (unpaired) electrons. The molecule has 1 amide bonds. The standard InChI is InChI=1S/C21H29N3O5S2/c1-4-28-19-9-8-17(12-20(19)31(26,27)24-10-6-5-7-11-24)22-21(25)14-30-13-18-15(2)23-29-16(18)3/h8-9,12H,4-7,10-11,13-14H2,1-3H3,(H,22,25). The molecule has 2 heterocycles. The van der Waals surface area contributed by atoms with Gasteiger partial charge in [-0.2, -0.15) is 4.31 Å². The van der Waals surface area contributed by atoms with Crippen molar-refractivity contribution in [3.63, 3.8) is 0 Å². The van der Waals surface area contributed by atoms with Crippen molar-refractivity contribution in [3.05, 3.63) is 35.2 Å². The fourth-order valence-electron chi connectivity index (χ4n) is 3.46. The van der Waals surface area contributed by atoms with Crippen LogP contribution in [0.25, 0.3) is 0 Å². The van der Waals surface area contributed by atoms with Crippen LogP contribution in [0, 0.1) is 13.8 Å². The first-order chi connectivity index (χ1) is 14.8. The second kappa shape index (κ2) is 10.5. The number of amides is 1. The molecule has 1 aliphatic rings. The Hall–Kier alpha value is -2.04. The van der Waals surface area contributed by atoms with Crippen LogP contribution in [0.2, 0.25) is 0 Å².